The summed E-state index contributed by atoms with van der Waals surface area (Å²) in [6.45, 7) is 4.02. The Kier molecular flexibility index (Phi) is 6.30. The van der Waals surface area contributed by atoms with Crippen LogP contribution in [0.4, 0.5) is 15.9 Å². The number of allylic oxidation sites excluding steroid dienone is 1. The van der Waals surface area contributed by atoms with E-state index in [0.29, 0.717) is 42.3 Å². The summed E-state index contributed by atoms with van der Waals surface area (Å²) in [6.07, 6.45) is 4.22. The zero-order chi connectivity index (χ0) is 21.0. The fraction of sp³-hybridized carbons (Fsp3) is 0.300. The Hall–Kier alpha value is -3.17. The van der Waals surface area contributed by atoms with E-state index in [2.05, 4.69) is 14.9 Å². The Morgan fingerprint density at radius 3 is 2.83 bits per heavy atom. The molecule has 3 rings (SSSR count). The normalized spacial score (nSPS) is 17.3. The van der Waals surface area contributed by atoms with Gasteiger partial charge in [0.1, 0.15) is 24.2 Å². The van der Waals surface area contributed by atoms with E-state index in [1.807, 2.05) is 6.92 Å². The second-order valence-electron chi connectivity index (χ2n) is 6.78. The van der Waals surface area contributed by atoms with Crippen LogP contribution in [0.25, 0.3) is 5.57 Å². The molecule has 1 aliphatic rings. The summed E-state index contributed by atoms with van der Waals surface area (Å²) in [6, 6.07) is 4.40. The Morgan fingerprint density at radius 2 is 2.14 bits per heavy atom. The lowest BCUT2D eigenvalue weighted by atomic mass is 9.98. The highest BCUT2D eigenvalue weighted by Crippen LogP contribution is 2.25. The van der Waals surface area contributed by atoms with Crippen LogP contribution >= 0.6 is 0 Å². The van der Waals surface area contributed by atoms with E-state index >= 15 is 0 Å². The fourth-order valence-corrected chi connectivity index (χ4v) is 3.24. The standard InChI is InChI=1S/C20H24FN7O/c1-12-10-28(3-4-29-12)19-7-18(26-11-27-19)20(24)15-5-14(13(8-22)9-25-2)16(21)6-17(15)23/h5-9,11-12,22,24-25H,3-4,10,23H2,1-2H3/p+1/b13-9+,22-8?,24-20?/t12-/m0/s1. The molecule has 6 N–H and O–H groups in total. The molecule has 29 heavy (non-hydrogen) atoms. The second-order valence-corrected chi connectivity index (χ2v) is 6.78. The van der Waals surface area contributed by atoms with E-state index in [0.717, 1.165) is 6.21 Å². The van der Waals surface area contributed by atoms with Crippen molar-refractivity contribution in [1.82, 2.24) is 9.97 Å². The predicted octanol–water partition coefficient (Wildman–Crippen LogP) is 1.02. The molecule has 0 unspecified atom stereocenters. The number of nitrogen functional groups attached to an aromatic ring is 1. The van der Waals surface area contributed by atoms with E-state index in [-0.39, 0.29) is 23.1 Å². The molecule has 1 fully saturated rings. The summed E-state index contributed by atoms with van der Waals surface area (Å²) in [7, 11) is 1.79. The molecule has 8 nitrogen and oxygen atoms in total. The molecule has 0 radical (unpaired) electrons. The molecule has 1 aromatic carbocycles. The van der Waals surface area contributed by atoms with Gasteiger partial charge in [0.15, 0.2) is 0 Å². The molecular formula is C20H25FN7O+. The zero-order valence-electron chi connectivity index (χ0n) is 16.4. The summed E-state index contributed by atoms with van der Waals surface area (Å²) in [5.74, 6) is 0.165. The highest BCUT2D eigenvalue weighted by Gasteiger charge is 2.21. The lowest BCUT2D eigenvalue weighted by Gasteiger charge is -2.32. The van der Waals surface area contributed by atoms with Crippen molar-refractivity contribution in [2.75, 3.05) is 37.4 Å². The van der Waals surface area contributed by atoms with Gasteiger partial charge in [-0.05, 0) is 19.1 Å². The van der Waals surface area contributed by atoms with Crippen LogP contribution in [0.15, 0.2) is 30.7 Å². The summed E-state index contributed by atoms with van der Waals surface area (Å²) in [5, 5.41) is 17.9. The van der Waals surface area contributed by atoms with Gasteiger partial charge in [-0.15, -0.1) is 0 Å². The lowest BCUT2D eigenvalue weighted by Crippen LogP contribution is -2.72. The third-order valence-corrected chi connectivity index (χ3v) is 4.70. The van der Waals surface area contributed by atoms with Crippen molar-refractivity contribution in [3.8, 4) is 0 Å². The summed E-state index contributed by atoms with van der Waals surface area (Å²) < 4.78 is 20.0. The van der Waals surface area contributed by atoms with Gasteiger partial charge in [-0.3, -0.25) is 5.41 Å². The van der Waals surface area contributed by atoms with E-state index < -0.39 is 5.82 Å². The van der Waals surface area contributed by atoms with Crippen LogP contribution in [-0.2, 0) is 4.74 Å². The smallest absolute Gasteiger partial charge is 0.133 e. The molecule has 9 heteroatoms. The van der Waals surface area contributed by atoms with Crippen molar-refractivity contribution < 1.29 is 14.4 Å². The molecular weight excluding hydrogens is 373 g/mol. The number of quaternary nitrogens is 1. The maximum atomic E-state index is 14.4. The van der Waals surface area contributed by atoms with Crippen LogP contribution < -0.4 is 16.0 Å². The molecule has 0 amide bonds. The van der Waals surface area contributed by atoms with Crippen molar-refractivity contribution in [3.63, 3.8) is 0 Å². The molecule has 1 aromatic heterocycles. The Morgan fingerprint density at radius 1 is 1.34 bits per heavy atom. The number of benzene rings is 1. The minimum atomic E-state index is -0.540. The minimum Gasteiger partial charge on any atom is -0.398 e. The number of hydrogen-bond donors (Lipinski definition) is 4. The number of morpholine rings is 1. The molecule has 0 bridgehead atoms. The van der Waals surface area contributed by atoms with Gasteiger partial charge >= 0.3 is 0 Å². The van der Waals surface area contributed by atoms with Crippen LogP contribution in [0.3, 0.4) is 0 Å². The second kappa shape index (κ2) is 8.89. The number of anilines is 2. The van der Waals surface area contributed by atoms with E-state index in [1.54, 1.807) is 24.6 Å². The quantitative estimate of drug-likeness (QED) is 0.427. The first-order valence-electron chi connectivity index (χ1n) is 9.32. The molecule has 0 aliphatic carbocycles. The Labute approximate surface area is 168 Å². The van der Waals surface area contributed by atoms with Crippen molar-refractivity contribution in [2.45, 2.75) is 13.0 Å². The number of nitrogens with zero attached hydrogens (tertiary/aromatic N) is 3. The first-order chi connectivity index (χ1) is 13.9. The average molecular weight is 398 g/mol. The molecule has 1 aliphatic heterocycles. The van der Waals surface area contributed by atoms with Gasteiger partial charge in [0.05, 0.1) is 36.7 Å². The van der Waals surface area contributed by atoms with Crippen molar-refractivity contribution in [1.29, 1.82) is 10.8 Å². The van der Waals surface area contributed by atoms with Gasteiger partial charge in [0.2, 0.25) is 0 Å². The predicted molar refractivity (Wildman–Crippen MR) is 111 cm³/mol. The first kappa shape index (κ1) is 20.6. The van der Waals surface area contributed by atoms with Gasteiger partial charge in [0, 0.05) is 42.2 Å². The summed E-state index contributed by atoms with van der Waals surface area (Å²) in [5.41, 5.74) is 7.56. The molecule has 1 atom stereocenters. The Bertz CT molecular complexity index is 960. The van der Waals surface area contributed by atoms with Gasteiger partial charge in [-0.2, -0.15) is 0 Å². The third-order valence-electron chi connectivity index (χ3n) is 4.70. The molecule has 152 valence electrons. The number of nitrogens with one attached hydrogen (secondary N) is 2. The maximum absolute atomic E-state index is 14.4. The van der Waals surface area contributed by atoms with Crippen LogP contribution in [0.2, 0.25) is 0 Å². The number of rotatable bonds is 6. The highest BCUT2D eigenvalue weighted by atomic mass is 19.1. The van der Waals surface area contributed by atoms with Gasteiger partial charge in [-0.1, -0.05) is 0 Å². The van der Waals surface area contributed by atoms with Crippen LogP contribution in [-0.4, -0.2) is 54.7 Å². The minimum absolute atomic E-state index is 0.0681. The van der Waals surface area contributed by atoms with Crippen LogP contribution in [0, 0.1) is 16.6 Å². The monoisotopic (exact) mass is 398 g/mol. The number of nitrogens with two attached hydrogens (primary N) is 2. The number of ether oxygens (including phenoxy) is 1. The number of halogens is 1. The molecule has 1 saturated heterocycles. The Balaban J connectivity index is 1.97. The lowest BCUT2D eigenvalue weighted by molar-refractivity contribution is -0.555. The zero-order valence-corrected chi connectivity index (χ0v) is 16.4. The van der Waals surface area contributed by atoms with Crippen LogP contribution in [0.5, 0.6) is 0 Å². The number of aromatic nitrogens is 2. The maximum Gasteiger partial charge on any atom is 0.133 e. The van der Waals surface area contributed by atoms with Crippen LogP contribution in [0.1, 0.15) is 23.7 Å². The van der Waals surface area contributed by atoms with Gasteiger partial charge in [-0.25, -0.2) is 14.4 Å². The largest absolute Gasteiger partial charge is 0.398 e. The molecule has 2 heterocycles. The van der Waals surface area contributed by atoms with Crippen molar-refractivity contribution in [3.05, 3.63) is 53.4 Å². The fourth-order valence-electron chi connectivity index (χ4n) is 3.24. The van der Waals surface area contributed by atoms with E-state index in [4.69, 9.17) is 21.3 Å². The first-order valence-corrected chi connectivity index (χ1v) is 9.32. The topological polar surface area (TPSA) is 129 Å². The third kappa shape index (κ3) is 4.47. The highest BCUT2D eigenvalue weighted by molar-refractivity contribution is 6.15. The van der Waals surface area contributed by atoms with E-state index in [1.165, 1.54) is 18.5 Å². The molecule has 0 saturated carbocycles. The van der Waals surface area contributed by atoms with Gasteiger partial charge < -0.3 is 26.1 Å². The summed E-state index contributed by atoms with van der Waals surface area (Å²) in [4.78, 5) is 10.6. The van der Waals surface area contributed by atoms with E-state index in [9.17, 15) is 4.39 Å². The number of hydrogen-bond acceptors (Lipinski definition) is 7. The SMILES string of the molecule is C[NH2+]/C=C(\C=N)c1cc(C(=N)c2cc(N3CCO[C@@H](C)C3)ncn2)c(N)cc1F. The van der Waals surface area contributed by atoms with Gasteiger partial charge in [0.25, 0.3) is 0 Å². The van der Waals surface area contributed by atoms with Crippen molar-refractivity contribution in [2.24, 2.45) is 0 Å². The molecule has 0 spiro atoms. The van der Waals surface area contributed by atoms with Crippen molar-refractivity contribution >= 4 is 29.0 Å². The summed E-state index contributed by atoms with van der Waals surface area (Å²) >= 11 is 0. The molecule has 2 aromatic rings. The average Bonchev–Trinajstić information content (AvgIpc) is 2.72.